The number of nitrogens with two attached hydrogens (primary N) is 1. The van der Waals surface area contributed by atoms with Crippen LogP contribution in [0.1, 0.15) is 25.8 Å². The SMILES string of the molecule is CC(C)C1CC1(CN)c1ccccc1F. The fourth-order valence-electron chi connectivity index (χ4n) is 2.73. The van der Waals surface area contributed by atoms with Crippen LogP contribution in [-0.4, -0.2) is 6.54 Å². The molecule has 2 heteroatoms. The molecule has 1 aromatic carbocycles. The predicted octanol–water partition coefficient (Wildman–Crippen LogP) is 2.70. The van der Waals surface area contributed by atoms with Gasteiger partial charge in [0.25, 0.3) is 0 Å². The van der Waals surface area contributed by atoms with Gasteiger partial charge in [0.1, 0.15) is 5.82 Å². The highest BCUT2D eigenvalue weighted by Crippen LogP contribution is 2.57. The fraction of sp³-hybridized carbons (Fsp3) is 0.538. The van der Waals surface area contributed by atoms with E-state index >= 15 is 0 Å². The van der Waals surface area contributed by atoms with Gasteiger partial charge in [-0.05, 0) is 29.9 Å². The van der Waals surface area contributed by atoms with Crippen molar-refractivity contribution >= 4 is 0 Å². The van der Waals surface area contributed by atoms with Crippen LogP contribution in [0.25, 0.3) is 0 Å². The topological polar surface area (TPSA) is 26.0 Å². The van der Waals surface area contributed by atoms with Crippen molar-refractivity contribution in [3.63, 3.8) is 0 Å². The molecule has 2 N–H and O–H groups in total. The van der Waals surface area contributed by atoms with Gasteiger partial charge in [0.2, 0.25) is 0 Å². The molecule has 15 heavy (non-hydrogen) atoms. The zero-order chi connectivity index (χ0) is 11.1. The monoisotopic (exact) mass is 207 g/mol. The van der Waals surface area contributed by atoms with Crippen molar-refractivity contribution in [1.29, 1.82) is 0 Å². The van der Waals surface area contributed by atoms with E-state index in [1.54, 1.807) is 6.07 Å². The van der Waals surface area contributed by atoms with Crippen LogP contribution in [0.5, 0.6) is 0 Å². The highest BCUT2D eigenvalue weighted by atomic mass is 19.1. The molecular weight excluding hydrogens is 189 g/mol. The van der Waals surface area contributed by atoms with Crippen LogP contribution in [0.2, 0.25) is 0 Å². The molecule has 0 aromatic heterocycles. The third-order valence-electron chi connectivity index (χ3n) is 3.71. The van der Waals surface area contributed by atoms with Gasteiger partial charge in [-0.1, -0.05) is 32.0 Å². The maximum absolute atomic E-state index is 13.7. The van der Waals surface area contributed by atoms with Gasteiger partial charge in [0.15, 0.2) is 0 Å². The molecular formula is C13H18FN. The van der Waals surface area contributed by atoms with Crippen LogP contribution in [0.3, 0.4) is 0 Å². The Morgan fingerprint density at radius 2 is 2.13 bits per heavy atom. The van der Waals surface area contributed by atoms with Gasteiger partial charge >= 0.3 is 0 Å². The van der Waals surface area contributed by atoms with Crippen LogP contribution in [0, 0.1) is 17.7 Å². The van der Waals surface area contributed by atoms with E-state index in [0.717, 1.165) is 12.0 Å². The molecule has 0 amide bonds. The van der Waals surface area contributed by atoms with Crippen LogP contribution in [-0.2, 0) is 5.41 Å². The first-order valence-corrected chi connectivity index (χ1v) is 5.57. The van der Waals surface area contributed by atoms with E-state index in [4.69, 9.17) is 5.73 Å². The predicted molar refractivity (Wildman–Crippen MR) is 60.1 cm³/mol. The van der Waals surface area contributed by atoms with Crippen molar-refractivity contribution in [2.75, 3.05) is 6.54 Å². The van der Waals surface area contributed by atoms with Crippen molar-refractivity contribution < 1.29 is 4.39 Å². The summed E-state index contributed by atoms with van der Waals surface area (Å²) in [6, 6.07) is 7.04. The average molecular weight is 207 g/mol. The van der Waals surface area contributed by atoms with Crippen LogP contribution in [0.15, 0.2) is 24.3 Å². The quantitative estimate of drug-likeness (QED) is 0.810. The lowest BCUT2D eigenvalue weighted by Crippen LogP contribution is -2.25. The minimum atomic E-state index is -0.105. The average Bonchev–Trinajstić information content (AvgIpc) is 2.94. The molecule has 0 aliphatic heterocycles. The van der Waals surface area contributed by atoms with Gasteiger partial charge in [-0.3, -0.25) is 0 Å². The van der Waals surface area contributed by atoms with E-state index in [2.05, 4.69) is 13.8 Å². The molecule has 0 heterocycles. The molecule has 2 unspecified atom stereocenters. The number of benzene rings is 1. The lowest BCUT2D eigenvalue weighted by molar-refractivity contribution is 0.468. The summed E-state index contributed by atoms with van der Waals surface area (Å²) >= 11 is 0. The second-order valence-corrected chi connectivity index (χ2v) is 4.89. The maximum atomic E-state index is 13.7. The van der Waals surface area contributed by atoms with E-state index in [0.29, 0.717) is 18.4 Å². The second-order valence-electron chi connectivity index (χ2n) is 4.89. The van der Waals surface area contributed by atoms with Gasteiger partial charge < -0.3 is 5.73 Å². The van der Waals surface area contributed by atoms with E-state index < -0.39 is 0 Å². The molecule has 2 atom stereocenters. The van der Waals surface area contributed by atoms with Gasteiger partial charge in [-0.15, -0.1) is 0 Å². The molecule has 1 aliphatic rings. The fourth-order valence-corrected chi connectivity index (χ4v) is 2.73. The third kappa shape index (κ3) is 1.57. The molecule has 0 radical (unpaired) electrons. The summed E-state index contributed by atoms with van der Waals surface area (Å²) in [6.45, 7) is 4.92. The Morgan fingerprint density at radius 1 is 1.47 bits per heavy atom. The summed E-state index contributed by atoms with van der Waals surface area (Å²) in [5, 5.41) is 0. The zero-order valence-electron chi connectivity index (χ0n) is 9.33. The highest BCUT2D eigenvalue weighted by Gasteiger charge is 2.56. The first-order chi connectivity index (χ1) is 7.12. The first-order valence-electron chi connectivity index (χ1n) is 5.57. The van der Waals surface area contributed by atoms with Crippen molar-refractivity contribution in [2.24, 2.45) is 17.6 Å². The normalized spacial score (nSPS) is 29.5. The van der Waals surface area contributed by atoms with Crippen molar-refractivity contribution in [2.45, 2.75) is 25.7 Å². The van der Waals surface area contributed by atoms with E-state index in [-0.39, 0.29) is 11.2 Å². The van der Waals surface area contributed by atoms with E-state index in [9.17, 15) is 4.39 Å². The minimum Gasteiger partial charge on any atom is -0.330 e. The summed E-state index contributed by atoms with van der Waals surface area (Å²) in [5.74, 6) is 1.01. The van der Waals surface area contributed by atoms with Crippen LogP contribution >= 0.6 is 0 Å². The molecule has 0 bridgehead atoms. The second kappa shape index (κ2) is 3.60. The van der Waals surface area contributed by atoms with Gasteiger partial charge in [0, 0.05) is 12.0 Å². The summed E-state index contributed by atoms with van der Waals surface area (Å²) in [4.78, 5) is 0. The zero-order valence-corrected chi connectivity index (χ0v) is 9.33. The Kier molecular flexibility index (Phi) is 2.55. The van der Waals surface area contributed by atoms with Crippen molar-refractivity contribution in [3.05, 3.63) is 35.6 Å². The van der Waals surface area contributed by atoms with Gasteiger partial charge in [0.05, 0.1) is 0 Å². The number of rotatable bonds is 3. The largest absolute Gasteiger partial charge is 0.330 e. The van der Waals surface area contributed by atoms with Crippen LogP contribution in [0.4, 0.5) is 4.39 Å². The van der Waals surface area contributed by atoms with Gasteiger partial charge in [-0.2, -0.15) is 0 Å². The van der Waals surface area contributed by atoms with Crippen molar-refractivity contribution in [3.8, 4) is 0 Å². The Labute approximate surface area is 90.5 Å². The molecule has 0 spiro atoms. The lowest BCUT2D eigenvalue weighted by Gasteiger charge is -2.18. The lowest BCUT2D eigenvalue weighted by atomic mass is 9.89. The van der Waals surface area contributed by atoms with Gasteiger partial charge in [-0.25, -0.2) is 4.39 Å². The maximum Gasteiger partial charge on any atom is 0.127 e. The Bertz CT molecular complexity index is 361. The summed E-state index contributed by atoms with van der Waals surface area (Å²) in [6.07, 6.45) is 1.03. The molecule has 0 saturated heterocycles. The molecule has 1 saturated carbocycles. The van der Waals surface area contributed by atoms with Crippen LogP contribution < -0.4 is 5.73 Å². The molecule has 1 fully saturated rings. The molecule has 1 nitrogen and oxygen atoms in total. The number of hydrogen-bond acceptors (Lipinski definition) is 1. The standard InChI is InChI=1S/C13H18FN/c1-9(2)11-7-13(11,8-15)10-5-3-4-6-12(10)14/h3-6,9,11H,7-8,15H2,1-2H3. The molecule has 2 rings (SSSR count). The summed E-state index contributed by atoms with van der Waals surface area (Å²) in [5.41, 5.74) is 6.56. The van der Waals surface area contributed by atoms with E-state index in [1.165, 1.54) is 6.07 Å². The Morgan fingerprint density at radius 3 is 2.60 bits per heavy atom. The molecule has 82 valence electrons. The highest BCUT2D eigenvalue weighted by molar-refractivity contribution is 5.35. The minimum absolute atomic E-state index is 0.0838. The van der Waals surface area contributed by atoms with Crippen molar-refractivity contribution in [1.82, 2.24) is 0 Å². The molecule has 1 aliphatic carbocycles. The number of halogens is 1. The third-order valence-corrected chi connectivity index (χ3v) is 3.71. The Hall–Kier alpha value is -0.890. The summed E-state index contributed by atoms with van der Waals surface area (Å²) in [7, 11) is 0. The van der Waals surface area contributed by atoms with E-state index in [1.807, 2.05) is 12.1 Å². The molecule has 1 aromatic rings. The smallest absolute Gasteiger partial charge is 0.127 e. The number of hydrogen-bond donors (Lipinski definition) is 1. The first kappa shape index (κ1) is 10.6. The summed E-state index contributed by atoms with van der Waals surface area (Å²) < 4.78 is 13.7. The Balaban J connectivity index is 2.34.